The topological polar surface area (TPSA) is 90.9 Å². The molecule has 1 aliphatic heterocycles. The zero-order valence-electron chi connectivity index (χ0n) is 11.6. The lowest BCUT2D eigenvalue weighted by atomic mass is 10.2. The molecule has 1 aliphatic rings. The molecule has 6 nitrogen and oxygen atoms in total. The van der Waals surface area contributed by atoms with Gasteiger partial charge >= 0.3 is 0 Å². The fourth-order valence-corrected chi connectivity index (χ4v) is 6.04. The molecule has 21 heavy (non-hydrogen) atoms. The third-order valence-electron chi connectivity index (χ3n) is 3.51. The maximum atomic E-state index is 12.2. The molecule has 2 N–H and O–H groups in total. The lowest BCUT2D eigenvalue weighted by molar-refractivity contribution is 0.599. The highest BCUT2D eigenvalue weighted by molar-refractivity contribution is 8.01. The van der Waals surface area contributed by atoms with Crippen LogP contribution in [0.4, 0.5) is 0 Å². The van der Waals surface area contributed by atoms with Crippen molar-refractivity contribution in [3.8, 4) is 0 Å². The molecular weight excluding hydrogens is 308 g/mol. The zero-order valence-corrected chi connectivity index (χ0v) is 13.2. The average molecular weight is 324 g/mol. The minimum atomic E-state index is -3.20. The smallest absolute Gasteiger partial charge is 0.191 e. The second-order valence-corrected chi connectivity index (χ2v) is 7.95. The standard InChI is InChI=1S/C13H16N4O2S2/c1-2-17-12(7-14)15-16-13(17)20-10-8-21(18,19)11-6-4-3-5-9(10)11/h3-6,10H,2,7-8,14H2,1H3. The number of fused-ring (bicyclic) bond motifs is 1. The Morgan fingerprint density at radius 1 is 1.38 bits per heavy atom. The molecule has 0 fully saturated rings. The highest BCUT2D eigenvalue weighted by Gasteiger charge is 2.35. The molecule has 0 radical (unpaired) electrons. The summed E-state index contributed by atoms with van der Waals surface area (Å²) in [4.78, 5) is 0.434. The number of benzene rings is 1. The first-order valence-electron chi connectivity index (χ1n) is 6.67. The number of aromatic nitrogens is 3. The molecule has 1 aromatic carbocycles. The van der Waals surface area contributed by atoms with Crippen molar-refractivity contribution in [2.45, 2.75) is 35.3 Å². The van der Waals surface area contributed by atoms with Crippen LogP contribution in [0.15, 0.2) is 34.3 Å². The van der Waals surface area contributed by atoms with Gasteiger partial charge in [0.1, 0.15) is 5.82 Å². The van der Waals surface area contributed by atoms with Crippen molar-refractivity contribution in [1.29, 1.82) is 0 Å². The molecule has 2 aromatic rings. The normalized spacial score (nSPS) is 19.6. The molecule has 0 amide bonds. The van der Waals surface area contributed by atoms with E-state index >= 15 is 0 Å². The fraction of sp³-hybridized carbons (Fsp3) is 0.385. The lowest BCUT2D eigenvalue weighted by Crippen LogP contribution is -2.09. The van der Waals surface area contributed by atoms with Crippen LogP contribution >= 0.6 is 11.8 Å². The molecule has 1 atom stereocenters. The van der Waals surface area contributed by atoms with E-state index in [0.717, 1.165) is 10.7 Å². The van der Waals surface area contributed by atoms with Gasteiger partial charge in [-0.15, -0.1) is 10.2 Å². The van der Waals surface area contributed by atoms with E-state index in [4.69, 9.17) is 5.73 Å². The van der Waals surface area contributed by atoms with E-state index in [1.807, 2.05) is 23.6 Å². The van der Waals surface area contributed by atoms with Gasteiger partial charge in [0.05, 0.1) is 22.4 Å². The van der Waals surface area contributed by atoms with E-state index in [1.165, 1.54) is 11.8 Å². The number of thioether (sulfide) groups is 1. The van der Waals surface area contributed by atoms with E-state index in [-0.39, 0.29) is 11.0 Å². The van der Waals surface area contributed by atoms with Crippen molar-refractivity contribution in [1.82, 2.24) is 14.8 Å². The molecule has 0 spiro atoms. The SMILES string of the molecule is CCn1c(CN)nnc1SC1CS(=O)(=O)c2ccccc21. The minimum Gasteiger partial charge on any atom is -0.324 e. The quantitative estimate of drug-likeness (QED) is 0.913. The molecule has 112 valence electrons. The maximum Gasteiger partial charge on any atom is 0.191 e. The van der Waals surface area contributed by atoms with Gasteiger partial charge in [0.15, 0.2) is 15.0 Å². The van der Waals surface area contributed by atoms with Crippen molar-refractivity contribution in [2.24, 2.45) is 5.73 Å². The molecule has 2 heterocycles. The third kappa shape index (κ3) is 2.47. The van der Waals surface area contributed by atoms with Crippen molar-refractivity contribution in [2.75, 3.05) is 5.75 Å². The fourth-order valence-electron chi connectivity index (χ4n) is 2.51. The summed E-state index contributed by atoms with van der Waals surface area (Å²) < 4.78 is 26.3. The van der Waals surface area contributed by atoms with Gasteiger partial charge < -0.3 is 10.3 Å². The molecule has 3 rings (SSSR count). The Morgan fingerprint density at radius 3 is 2.86 bits per heavy atom. The Morgan fingerprint density at radius 2 is 2.14 bits per heavy atom. The van der Waals surface area contributed by atoms with Crippen molar-refractivity contribution >= 4 is 21.6 Å². The van der Waals surface area contributed by atoms with Crippen LogP contribution in [0.5, 0.6) is 0 Å². The van der Waals surface area contributed by atoms with Gasteiger partial charge in [-0.05, 0) is 18.6 Å². The largest absolute Gasteiger partial charge is 0.324 e. The summed E-state index contributed by atoms with van der Waals surface area (Å²) in [5.74, 6) is 0.820. The van der Waals surface area contributed by atoms with E-state index in [2.05, 4.69) is 10.2 Å². The minimum absolute atomic E-state index is 0.103. The van der Waals surface area contributed by atoms with E-state index in [0.29, 0.717) is 23.8 Å². The van der Waals surface area contributed by atoms with Gasteiger partial charge in [-0.3, -0.25) is 0 Å². The molecule has 0 aliphatic carbocycles. The van der Waals surface area contributed by atoms with Gasteiger partial charge in [0.2, 0.25) is 0 Å². The first-order chi connectivity index (χ1) is 10.1. The Balaban J connectivity index is 1.96. The van der Waals surface area contributed by atoms with Gasteiger partial charge in [-0.25, -0.2) is 8.42 Å². The average Bonchev–Trinajstić information content (AvgIpc) is 2.98. The van der Waals surface area contributed by atoms with Gasteiger partial charge in [0, 0.05) is 6.54 Å². The summed E-state index contributed by atoms with van der Waals surface area (Å²) in [6.07, 6.45) is 0. The maximum absolute atomic E-state index is 12.2. The Bertz CT molecular complexity index is 770. The number of rotatable bonds is 4. The monoisotopic (exact) mass is 324 g/mol. The van der Waals surface area contributed by atoms with Crippen LogP contribution in [0.3, 0.4) is 0 Å². The van der Waals surface area contributed by atoms with Gasteiger partial charge in [0.25, 0.3) is 0 Å². The highest BCUT2D eigenvalue weighted by Crippen LogP contribution is 2.44. The predicted molar refractivity (Wildman–Crippen MR) is 80.7 cm³/mol. The molecule has 1 aromatic heterocycles. The number of nitrogens with zero attached hydrogens (tertiary/aromatic N) is 3. The Hall–Kier alpha value is -1.38. The first-order valence-corrected chi connectivity index (χ1v) is 9.20. The van der Waals surface area contributed by atoms with Crippen LogP contribution in [-0.2, 0) is 22.9 Å². The van der Waals surface area contributed by atoms with Crippen LogP contribution in [0.2, 0.25) is 0 Å². The van der Waals surface area contributed by atoms with Crippen LogP contribution in [-0.4, -0.2) is 28.9 Å². The summed E-state index contributed by atoms with van der Waals surface area (Å²) in [5, 5.41) is 8.77. The molecule has 0 saturated heterocycles. The second-order valence-electron chi connectivity index (χ2n) is 4.77. The van der Waals surface area contributed by atoms with Crippen LogP contribution in [0.1, 0.15) is 23.6 Å². The van der Waals surface area contributed by atoms with Gasteiger partial charge in [-0.1, -0.05) is 30.0 Å². The molecule has 1 unspecified atom stereocenters. The molecule has 0 saturated carbocycles. The van der Waals surface area contributed by atoms with Crippen molar-refractivity contribution in [3.05, 3.63) is 35.7 Å². The summed E-state index contributed by atoms with van der Waals surface area (Å²) in [5.41, 5.74) is 6.49. The lowest BCUT2D eigenvalue weighted by Gasteiger charge is -2.10. The van der Waals surface area contributed by atoms with Crippen LogP contribution in [0.25, 0.3) is 0 Å². The number of sulfone groups is 1. The molecule has 0 bridgehead atoms. The summed E-state index contributed by atoms with van der Waals surface area (Å²) in [7, 11) is -3.20. The predicted octanol–water partition coefficient (Wildman–Crippen LogP) is 1.38. The number of hydrogen-bond acceptors (Lipinski definition) is 6. The van der Waals surface area contributed by atoms with Gasteiger partial charge in [-0.2, -0.15) is 0 Å². The second kappa shape index (κ2) is 5.43. The number of nitrogens with two attached hydrogens (primary N) is 1. The van der Waals surface area contributed by atoms with Crippen LogP contribution < -0.4 is 5.73 Å². The Kier molecular flexibility index (Phi) is 3.76. The van der Waals surface area contributed by atoms with E-state index < -0.39 is 9.84 Å². The van der Waals surface area contributed by atoms with E-state index in [9.17, 15) is 8.42 Å². The highest BCUT2D eigenvalue weighted by atomic mass is 32.2. The summed E-state index contributed by atoms with van der Waals surface area (Å²) in [6.45, 7) is 3.02. The molecule has 8 heteroatoms. The van der Waals surface area contributed by atoms with E-state index in [1.54, 1.807) is 12.1 Å². The number of hydrogen-bond donors (Lipinski definition) is 1. The summed E-state index contributed by atoms with van der Waals surface area (Å²) in [6, 6.07) is 7.16. The zero-order chi connectivity index (χ0) is 15.0. The van der Waals surface area contributed by atoms with Crippen LogP contribution in [0, 0.1) is 0 Å². The Labute approximate surface area is 127 Å². The van der Waals surface area contributed by atoms with Crippen molar-refractivity contribution < 1.29 is 8.42 Å². The summed E-state index contributed by atoms with van der Waals surface area (Å²) >= 11 is 1.44. The van der Waals surface area contributed by atoms with Crippen molar-refractivity contribution in [3.63, 3.8) is 0 Å². The third-order valence-corrected chi connectivity index (χ3v) is 6.75. The molecular formula is C13H16N4O2S2. The first kappa shape index (κ1) is 14.6.